The first-order valence-corrected chi connectivity index (χ1v) is 14.0. The quantitative estimate of drug-likeness (QED) is 0.430. The number of carbonyl (C=O) groups is 1. The molecule has 37 heavy (non-hydrogen) atoms. The minimum absolute atomic E-state index is 0.0000174. The average Bonchev–Trinajstić information content (AvgIpc) is 3.77. The lowest BCUT2D eigenvalue weighted by atomic mass is 9.71. The van der Waals surface area contributed by atoms with Crippen LogP contribution in [-0.2, 0) is 20.2 Å². The number of hydrogen-bond acceptors (Lipinski definition) is 9. The molecule has 2 saturated carbocycles. The molecule has 2 aliphatic rings. The van der Waals surface area contributed by atoms with Gasteiger partial charge in [0.25, 0.3) is 0 Å². The maximum absolute atomic E-state index is 13.7. The number of hydrogen-bond donors (Lipinski definition) is 2. The van der Waals surface area contributed by atoms with Crippen LogP contribution in [0.2, 0.25) is 0 Å². The second-order valence-electron chi connectivity index (χ2n) is 9.32. The summed E-state index contributed by atoms with van der Waals surface area (Å²) in [4.78, 5) is 35.3. The molecule has 2 aliphatic carbocycles. The summed E-state index contributed by atoms with van der Waals surface area (Å²) in [7, 11) is -3.51. The van der Waals surface area contributed by atoms with Crippen molar-refractivity contribution in [1.29, 1.82) is 0 Å². The smallest absolute Gasteiger partial charge is 0.237 e. The zero-order valence-electron chi connectivity index (χ0n) is 20.6. The number of carbonyl (C=O) groups excluding carboxylic acids is 1. The van der Waals surface area contributed by atoms with E-state index in [2.05, 4.69) is 35.0 Å². The third-order valence-electron chi connectivity index (χ3n) is 6.69. The van der Waals surface area contributed by atoms with Crippen LogP contribution < -0.4 is 14.8 Å². The third kappa shape index (κ3) is 5.53. The Labute approximate surface area is 215 Å². The van der Waals surface area contributed by atoms with Crippen molar-refractivity contribution < 1.29 is 17.9 Å². The molecule has 3 aromatic heterocycles. The Balaban J connectivity index is 1.36. The molecule has 2 N–H and O–H groups in total. The summed E-state index contributed by atoms with van der Waals surface area (Å²) >= 11 is 0. The molecule has 0 aliphatic heterocycles. The minimum atomic E-state index is -3.51. The molecule has 12 heteroatoms. The van der Waals surface area contributed by atoms with Crippen molar-refractivity contribution in [3.8, 4) is 17.1 Å². The van der Waals surface area contributed by atoms with Crippen LogP contribution in [0.1, 0.15) is 57.6 Å². The predicted octanol–water partition coefficient (Wildman–Crippen LogP) is 3.47. The lowest BCUT2D eigenvalue weighted by molar-refractivity contribution is -0.123. The summed E-state index contributed by atoms with van der Waals surface area (Å²) in [6.45, 7) is 2.37. The number of nitrogens with zero attached hydrogens (tertiary/aromatic N) is 5. The largest absolute Gasteiger partial charge is 0.477 e. The summed E-state index contributed by atoms with van der Waals surface area (Å²) in [6.07, 6.45) is 11.5. The van der Waals surface area contributed by atoms with Gasteiger partial charge in [-0.05, 0) is 50.8 Å². The van der Waals surface area contributed by atoms with Crippen LogP contribution in [-0.4, -0.2) is 51.1 Å². The Morgan fingerprint density at radius 2 is 1.86 bits per heavy atom. The molecule has 5 rings (SSSR count). The van der Waals surface area contributed by atoms with Gasteiger partial charge in [0.05, 0.1) is 41.1 Å². The van der Waals surface area contributed by atoms with Crippen LogP contribution in [0, 0.1) is 0 Å². The number of nitrogens with one attached hydrogen (secondary N) is 2. The highest BCUT2D eigenvalue weighted by Crippen LogP contribution is 2.40. The predicted molar refractivity (Wildman–Crippen MR) is 137 cm³/mol. The zero-order valence-corrected chi connectivity index (χ0v) is 21.4. The van der Waals surface area contributed by atoms with E-state index in [9.17, 15) is 13.2 Å². The normalized spacial score (nSPS) is 17.1. The number of sulfonamides is 1. The van der Waals surface area contributed by atoms with Gasteiger partial charge in [-0.3, -0.25) is 14.5 Å². The van der Waals surface area contributed by atoms with Crippen molar-refractivity contribution in [2.75, 3.05) is 16.6 Å². The molecule has 0 bridgehead atoms. The van der Waals surface area contributed by atoms with Crippen molar-refractivity contribution >= 4 is 27.7 Å². The Morgan fingerprint density at radius 3 is 2.57 bits per heavy atom. The fourth-order valence-corrected chi connectivity index (χ4v) is 5.85. The Kier molecular flexibility index (Phi) is 7.00. The molecule has 0 unspecified atom stereocenters. The van der Waals surface area contributed by atoms with E-state index in [1.165, 1.54) is 6.20 Å². The molecule has 0 radical (unpaired) electrons. The topological polar surface area (TPSA) is 149 Å². The molecule has 1 amide bonds. The lowest BCUT2D eigenvalue weighted by Gasteiger charge is -2.35. The van der Waals surface area contributed by atoms with Crippen LogP contribution in [0.5, 0.6) is 5.88 Å². The second kappa shape index (κ2) is 10.4. The van der Waals surface area contributed by atoms with Crippen LogP contribution in [0.15, 0.2) is 43.0 Å². The number of amides is 1. The van der Waals surface area contributed by atoms with Gasteiger partial charge < -0.3 is 10.1 Å². The van der Waals surface area contributed by atoms with Gasteiger partial charge in [0, 0.05) is 18.0 Å². The van der Waals surface area contributed by atoms with Gasteiger partial charge in [0.15, 0.2) is 0 Å². The molecule has 3 heterocycles. The third-order valence-corrected chi connectivity index (χ3v) is 8.51. The number of ether oxygens (including phenoxy) is 1. The van der Waals surface area contributed by atoms with Gasteiger partial charge in [0.1, 0.15) is 5.82 Å². The molecule has 0 saturated heterocycles. The summed E-state index contributed by atoms with van der Waals surface area (Å²) in [5, 5.41) is 2.55. The summed E-state index contributed by atoms with van der Waals surface area (Å²) in [5.41, 5.74) is 0.955. The van der Waals surface area contributed by atoms with Gasteiger partial charge in [-0.1, -0.05) is 19.3 Å². The first-order chi connectivity index (χ1) is 17.9. The zero-order chi connectivity index (χ0) is 25.9. The van der Waals surface area contributed by atoms with Crippen LogP contribution in [0.4, 0.5) is 11.8 Å². The molecule has 3 aromatic rings. The monoisotopic (exact) mass is 523 g/mol. The molecule has 194 valence electrons. The standard InChI is InChI=1S/C25H29N7O4S/c1-2-36-22-16-26-15-19(29-22)17-6-9-21(28-14-17)31-23(33)25(11-4-3-5-12-25)20-10-13-27-24(30-20)32-37(34,35)18-7-8-18/h6,9-10,13-16,18H,2-5,7-8,11-12H2,1H3,(H,27,30,32)(H,28,31,33). The van der Waals surface area contributed by atoms with Gasteiger partial charge in [-0.2, -0.15) is 0 Å². The molecule has 0 atom stereocenters. The van der Waals surface area contributed by atoms with E-state index < -0.39 is 20.7 Å². The summed E-state index contributed by atoms with van der Waals surface area (Å²) in [6, 6.07) is 5.22. The van der Waals surface area contributed by atoms with E-state index in [4.69, 9.17) is 4.74 Å². The summed E-state index contributed by atoms with van der Waals surface area (Å²) in [5.74, 6) is 0.608. The first-order valence-electron chi connectivity index (χ1n) is 12.5. The van der Waals surface area contributed by atoms with E-state index in [1.807, 2.05) is 13.0 Å². The summed E-state index contributed by atoms with van der Waals surface area (Å²) < 4.78 is 32.7. The Bertz CT molecular complexity index is 1370. The highest BCUT2D eigenvalue weighted by molar-refractivity contribution is 7.93. The van der Waals surface area contributed by atoms with Crippen LogP contribution in [0.3, 0.4) is 0 Å². The van der Waals surface area contributed by atoms with Crippen molar-refractivity contribution in [3.63, 3.8) is 0 Å². The molecule has 2 fully saturated rings. The first kappa shape index (κ1) is 25.0. The van der Waals surface area contributed by atoms with Crippen molar-refractivity contribution in [2.45, 2.75) is 62.5 Å². The number of aromatic nitrogens is 5. The van der Waals surface area contributed by atoms with E-state index in [0.717, 1.165) is 24.8 Å². The molecule has 11 nitrogen and oxygen atoms in total. The van der Waals surface area contributed by atoms with E-state index in [0.29, 0.717) is 55.4 Å². The maximum Gasteiger partial charge on any atom is 0.237 e. The van der Waals surface area contributed by atoms with Crippen LogP contribution >= 0.6 is 0 Å². The fourth-order valence-electron chi connectivity index (χ4n) is 4.58. The molecule has 0 spiro atoms. The SMILES string of the molecule is CCOc1cncc(-c2ccc(NC(=O)C3(c4ccnc(NS(=O)(=O)C5CC5)n4)CCCCC3)nc2)n1. The fraction of sp³-hybridized carbons (Fsp3) is 0.440. The lowest BCUT2D eigenvalue weighted by Crippen LogP contribution is -2.43. The highest BCUT2D eigenvalue weighted by atomic mass is 32.2. The second-order valence-corrected chi connectivity index (χ2v) is 11.3. The minimum Gasteiger partial charge on any atom is -0.477 e. The van der Waals surface area contributed by atoms with Gasteiger partial charge in [0.2, 0.25) is 27.8 Å². The van der Waals surface area contributed by atoms with Crippen molar-refractivity contribution in [1.82, 2.24) is 24.9 Å². The maximum atomic E-state index is 13.7. The van der Waals surface area contributed by atoms with Gasteiger partial charge in [-0.15, -0.1) is 0 Å². The van der Waals surface area contributed by atoms with Crippen molar-refractivity contribution in [3.05, 3.63) is 48.7 Å². The number of rotatable bonds is 9. The average molecular weight is 524 g/mol. The molecular weight excluding hydrogens is 494 g/mol. The van der Waals surface area contributed by atoms with E-state index in [1.54, 1.807) is 30.7 Å². The Morgan fingerprint density at radius 1 is 1.05 bits per heavy atom. The van der Waals surface area contributed by atoms with E-state index in [-0.39, 0.29) is 11.9 Å². The molecular formula is C25H29N7O4S. The van der Waals surface area contributed by atoms with Crippen molar-refractivity contribution in [2.24, 2.45) is 0 Å². The Hall–Kier alpha value is -3.67. The molecule has 0 aromatic carbocycles. The number of pyridine rings is 1. The number of anilines is 2. The van der Waals surface area contributed by atoms with E-state index >= 15 is 0 Å². The van der Waals surface area contributed by atoms with Crippen LogP contribution in [0.25, 0.3) is 11.3 Å². The van der Waals surface area contributed by atoms with Gasteiger partial charge in [-0.25, -0.2) is 28.4 Å². The van der Waals surface area contributed by atoms with Gasteiger partial charge >= 0.3 is 0 Å². The highest BCUT2D eigenvalue weighted by Gasteiger charge is 2.43.